The van der Waals surface area contributed by atoms with Crippen molar-refractivity contribution < 1.29 is 4.74 Å². The van der Waals surface area contributed by atoms with E-state index in [2.05, 4.69) is 102 Å². The summed E-state index contributed by atoms with van der Waals surface area (Å²) in [5.74, 6) is 2.91. The molecular weight excluding hydrogens is 502 g/mol. The third-order valence-electron chi connectivity index (χ3n) is 9.13. The minimum atomic E-state index is 0.211. The fraction of sp³-hybridized carbons (Fsp3) is 0.432. The summed E-state index contributed by atoms with van der Waals surface area (Å²) >= 11 is 0. The van der Waals surface area contributed by atoms with E-state index in [9.17, 15) is 0 Å². The molecule has 1 saturated carbocycles. The Kier molecular flexibility index (Phi) is 8.86. The van der Waals surface area contributed by atoms with Crippen molar-refractivity contribution in [2.75, 3.05) is 13.2 Å². The summed E-state index contributed by atoms with van der Waals surface area (Å²) in [4.78, 5) is 8.17. The smallest absolute Gasteiger partial charge is 0.140 e. The number of hydrogen-bond acceptors (Lipinski definition) is 3. The molecule has 1 aromatic heterocycles. The molecule has 4 heteroatoms. The van der Waals surface area contributed by atoms with Gasteiger partial charge in [-0.25, -0.2) is 4.98 Å². The van der Waals surface area contributed by atoms with Crippen molar-refractivity contribution in [1.29, 1.82) is 0 Å². The highest BCUT2D eigenvalue weighted by atomic mass is 16.5. The van der Waals surface area contributed by atoms with E-state index in [0.717, 1.165) is 68.7 Å². The third kappa shape index (κ3) is 6.28. The SMILES string of the molecule is CCCCn1c(-c2ccccc2)nc(-c2ccccc2)c1C(C)N(Cc1ccc2c(c1)OCC2)CC1CCCCC1. The van der Waals surface area contributed by atoms with Crippen LogP contribution in [0.3, 0.4) is 0 Å². The van der Waals surface area contributed by atoms with Crippen molar-refractivity contribution in [2.45, 2.75) is 84.3 Å². The first-order valence-corrected chi connectivity index (χ1v) is 15.9. The number of fused-ring (bicyclic) bond motifs is 1. The van der Waals surface area contributed by atoms with Gasteiger partial charge in [0, 0.05) is 43.2 Å². The molecule has 0 radical (unpaired) electrons. The van der Waals surface area contributed by atoms with Crippen molar-refractivity contribution in [3.8, 4) is 28.4 Å². The predicted octanol–water partition coefficient (Wildman–Crippen LogP) is 9.10. The Bertz CT molecular complexity index is 1410. The molecule has 214 valence electrons. The van der Waals surface area contributed by atoms with Gasteiger partial charge in [-0.2, -0.15) is 0 Å². The molecule has 2 heterocycles. The van der Waals surface area contributed by atoms with Crippen LogP contribution in [0.5, 0.6) is 5.75 Å². The van der Waals surface area contributed by atoms with E-state index < -0.39 is 0 Å². The molecule has 1 fully saturated rings. The number of benzene rings is 3. The molecular formula is C37H45N3O. The summed E-state index contributed by atoms with van der Waals surface area (Å²) in [6.45, 7) is 8.53. The monoisotopic (exact) mass is 547 g/mol. The van der Waals surface area contributed by atoms with Gasteiger partial charge in [-0.15, -0.1) is 0 Å². The van der Waals surface area contributed by atoms with E-state index in [4.69, 9.17) is 9.72 Å². The number of imidazole rings is 1. The molecule has 1 atom stereocenters. The Balaban J connectivity index is 1.44. The Morgan fingerprint density at radius 2 is 1.66 bits per heavy atom. The topological polar surface area (TPSA) is 30.3 Å². The summed E-state index contributed by atoms with van der Waals surface area (Å²) in [7, 11) is 0. The number of nitrogens with zero attached hydrogens (tertiary/aromatic N) is 3. The number of aromatic nitrogens is 2. The average Bonchev–Trinajstić information content (AvgIpc) is 3.65. The molecule has 0 N–H and O–H groups in total. The van der Waals surface area contributed by atoms with Gasteiger partial charge in [0.25, 0.3) is 0 Å². The molecule has 1 unspecified atom stereocenters. The maximum absolute atomic E-state index is 5.98. The lowest BCUT2D eigenvalue weighted by Gasteiger charge is -2.35. The zero-order valence-electron chi connectivity index (χ0n) is 24.9. The standard InChI is InChI=1S/C37H45N3O/c1-3-4-23-40-36(35(32-16-10-6-11-17-32)38-37(40)33-18-12-7-13-19-33)28(2)39(26-29-14-8-5-9-15-29)27-30-20-21-31-22-24-41-34(31)25-30/h6-7,10-13,16-21,25,28-29H,3-5,8-9,14-15,22-24,26-27H2,1-2H3. The molecule has 4 aromatic rings. The maximum atomic E-state index is 5.98. The van der Waals surface area contributed by atoms with Gasteiger partial charge in [-0.1, -0.05) is 105 Å². The number of hydrogen-bond donors (Lipinski definition) is 0. The van der Waals surface area contributed by atoms with E-state index in [-0.39, 0.29) is 6.04 Å². The zero-order valence-corrected chi connectivity index (χ0v) is 24.9. The second-order valence-electron chi connectivity index (χ2n) is 12.1. The predicted molar refractivity (Wildman–Crippen MR) is 169 cm³/mol. The van der Waals surface area contributed by atoms with Gasteiger partial charge in [-0.3, -0.25) is 4.90 Å². The number of rotatable bonds is 11. The van der Waals surface area contributed by atoms with Gasteiger partial charge in [-0.05, 0) is 49.3 Å². The molecule has 1 aliphatic carbocycles. The molecule has 2 aliphatic rings. The summed E-state index contributed by atoms with van der Waals surface area (Å²) in [5, 5.41) is 0. The maximum Gasteiger partial charge on any atom is 0.140 e. The van der Waals surface area contributed by atoms with E-state index in [1.165, 1.54) is 60.1 Å². The van der Waals surface area contributed by atoms with Crippen LogP contribution in [-0.2, 0) is 19.5 Å². The van der Waals surface area contributed by atoms with Crippen molar-refractivity contribution in [3.63, 3.8) is 0 Å². The second-order valence-corrected chi connectivity index (χ2v) is 12.1. The fourth-order valence-corrected chi connectivity index (χ4v) is 6.83. The molecule has 0 amide bonds. The highest BCUT2D eigenvalue weighted by Crippen LogP contribution is 2.38. The molecule has 41 heavy (non-hydrogen) atoms. The molecule has 1 aliphatic heterocycles. The van der Waals surface area contributed by atoms with E-state index >= 15 is 0 Å². The summed E-state index contributed by atoms with van der Waals surface area (Å²) in [5.41, 5.74) is 7.55. The van der Waals surface area contributed by atoms with Gasteiger partial charge in [0.1, 0.15) is 11.6 Å². The highest BCUT2D eigenvalue weighted by molar-refractivity contribution is 5.69. The molecule has 3 aromatic carbocycles. The largest absolute Gasteiger partial charge is 0.493 e. The number of unbranched alkanes of at least 4 members (excludes halogenated alkanes) is 1. The van der Waals surface area contributed by atoms with Crippen molar-refractivity contribution in [3.05, 3.63) is 95.7 Å². The van der Waals surface area contributed by atoms with Gasteiger partial charge in [0.2, 0.25) is 0 Å². The van der Waals surface area contributed by atoms with Gasteiger partial charge < -0.3 is 9.30 Å². The molecule has 6 rings (SSSR count). The summed E-state index contributed by atoms with van der Waals surface area (Å²) in [6.07, 6.45) is 10.1. The quantitative estimate of drug-likeness (QED) is 0.188. The van der Waals surface area contributed by atoms with Crippen LogP contribution >= 0.6 is 0 Å². The van der Waals surface area contributed by atoms with Crippen LogP contribution < -0.4 is 4.74 Å². The van der Waals surface area contributed by atoms with Crippen LogP contribution in [0, 0.1) is 5.92 Å². The molecule has 0 saturated heterocycles. The highest BCUT2D eigenvalue weighted by Gasteiger charge is 2.29. The van der Waals surface area contributed by atoms with Crippen molar-refractivity contribution in [1.82, 2.24) is 14.5 Å². The van der Waals surface area contributed by atoms with Gasteiger partial charge in [0.15, 0.2) is 0 Å². The fourth-order valence-electron chi connectivity index (χ4n) is 6.83. The van der Waals surface area contributed by atoms with Crippen LogP contribution in [0.15, 0.2) is 78.9 Å². The molecule has 0 bridgehead atoms. The first-order valence-electron chi connectivity index (χ1n) is 15.9. The van der Waals surface area contributed by atoms with Gasteiger partial charge in [0.05, 0.1) is 18.0 Å². The van der Waals surface area contributed by atoms with Crippen LogP contribution in [-0.4, -0.2) is 27.6 Å². The van der Waals surface area contributed by atoms with Crippen LogP contribution in [0.1, 0.15) is 81.7 Å². The lowest BCUT2D eigenvalue weighted by atomic mass is 9.88. The lowest BCUT2D eigenvalue weighted by molar-refractivity contribution is 0.145. The Morgan fingerprint density at radius 1 is 0.927 bits per heavy atom. The average molecular weight is 548 g/mol. The number of ether oxygens (including phenoxy) is 1. The Labute approximate surface area is 246 Å². The first-order chi connectivity index (χ1) is 20.2. The summed E-state index contributed by atoms with van der Waals surface area (Å²) in [6, 6.07) is 28.7. The first kappa shape index (κ1) is 27.8. The molecule has 0 spiro atoms. The van der Waals surface area contributed by atoms with Gasteiger partial charge >= 0.3 is 0 Å². The third-order valence-corrected chi connectivity index (χ3v) is 9.13. The summed E-state index contributed by atoms with van der Waals surface area (Å²) < 4.78 is 8.52. The van der Waals surface area contributed by atoms with Crippen LogP contribution in [0.4, 0.5) is 0 Å². The van der Waals surface area contributed by atoms with Crippen LogP contribution in [0.25, 0.3) is 22.6 Å². The molecule has 4 nitrogen and oxygen atoms in total. The normalized spacial score (nSPS) is 16.1. The zero-order chi connectivity index (χ0) is 28.0. The minimum Gasteiger partial charge on any atom is -0.493 e. The minimum absolute atomic E-state index is 0.211. The van der Waals surface area contributed by atoms with Crippen LogP contribution in [0.2, 0.25) is 0 Å². The second kappa shape index (κ2) is 13.1. The lowest BCUT2D eigenvalue weighted by Crippen LogP contribution is -2.34. The Morgan fingerprint density at radius 3 is 2.39 bits per heavy atom. The van der Waals surface area contributed by atoms with E-state index in [0.29, 0.717) is 0 Å². The Hall–Kier alpha value is -3.37. The van der Waals surface area contributed by atoms with Crippen molar-refractivity contribution in [2.24, 2.45) is 5.92 Å². The van der Waals surface area contributed by atoms with E-state index in [1.54, 1.807) is 0 Å². The van der Waals surface area contributed by atoms with E-state index in [1.807, 2.05) is 0 Å². The van der Waals surface area contributed by atoms with Crippen molar-refractivity contribution >= 4 is 0 Å².